The van der Waals surface area contributed by atoms with Crippen LogP contribution in [0.15, 0.2) is 16.6 Å². The molecule has 0 spiro atoms. The van der Waals surface area contributed by atoms with Gasteiger partial charge in [0.2, 0.25) is 0 Å². The molecular weight excluding hydrogens is 321 g/mol. The molecule has 0 fully saturated rings. The van der Waals surface area contributed by atoms with Crippen molar-refractivity contribution in [3.05, 3.63) is 28.2 Å². The Morgan fingerprint density at radius 3 is 2.78 bits per heavy atom. The molecule has 18 heavy (non-hydrogen) atoms. The summed E-state index contributed by atoms with van der Waals surface area (Å²) >= 11 is 9.06. The fourth-order valence-electron chi connectivity index (χ4n) is 1.82. The van der Waals surface area contributed by atoms with Crippen molar-refractivity contribution in [3.8, 4) is 0 Å². The van der Waals surface area contributed by atoms with Gasteiger partial charge in [0.05, 0.1) is 21.4 Å². The molecule has 2 rings (SSSR count). The number of aromatic nitrogens is 2. The minimum atomic E-state index is -0.283. The number of halogens is 3. The zero-order valence-corrected chi connectivity index (χ0v) is 12.6. The number of nitrogens with zero attached hydrogens (tertiary/aromatic N) is 3. The first kappa shape index (κ1) is 13.8. The van der Waals surface area contributed by atoms with Crippen molar-refractivity contribution < 1.29 is 4.39 Å². The van der Waals surface area contributed by atoms with E-state index in [0.29, 0.717) is 10.4 Å². The second kappa shape index (κ2) is 5.55. The topological polar surface area (TPSA) is 21.1 Å². The summed E-state index contributed by atoms with van der Waals surface area (Å²) in [5.74, 6) is 0.807. The van der Waals surface area contributed by atoms with Gasteiger partial charge in [-0.1, -0.05) is 0 Å². The lowest BCUT2D eigenvalue weighted by molar-refractivity contribution is 0.384. The van der Waals surface area contributed by atoms with Gasteiger partial charge in [-0.15, -0.1) is 11.6 Å². The van der Waals surface area contributed by atoms with Crippen LogP contribution in [0.5, 0.6) is 0 Å². The summed E-state index contributed by atoms with van der Waals surface area (Å²) in [7, 11) is 3.99. The van der Waals surface area contributed by atoms with E-state index in [1.165, 1.54) is 6.07 Å². The Bertz CT molecular complexity index is 568. The molecule has 0 bridgehead atoms. The van der Waals surface area contributed by atoms with Crippen molar-refractivity contribution in [1.82, 2.24) is 14.5 Å². The molecule has 1 aromatic heterocycles. The number of likely N-dealkylation sites (N-methyl/N-ethyl adjacent to an activating group) is 1. The van der Waals surface area contributed by atoms with Crippen LogP contribution in [0.2, 0.25) is 0 Å². The molecule has 0 radical (unpaired) electrons. The van der Waals surface area contributed by atoms with E-state index in [2.05, 4.69) is 25.8 Å². The summed E-state index contributed by atoms with van der Waals surface area (Å²) in [6.45, 7) is 1.60. The van der Waals surface area contributed by atoms with Crippen molar-refractivity contribution >= 4 is 38.6 Å². The number of alkyl halides is 1. The third-order valence-electron chi connectivity index (χ3n) is 2.76. The predicted molar refractivity (Wildman–Crippen MR) is 75.5 cm³/mol. The van der Waals surface area contributed by atoms with Gasteiger partial charge in [-0.2, -0.15) is 0 Å². The Labute approximate surface area is 119 Å². The molecule has 0 saturated heterocycles. The Balaban J connectivity index is 2.50. The largest absolute Gasteiger partial charge is 0.326 e. The molecular formula is C12H14BrClFN3. The zero-order valence-electron chi connectivity index (χ0n) is 10.3. The number of rotatable bonds is 4. The quantitative estimate of drug-likeness (QED) is 0.800. The number of hydrogen-bond acceptors (Lipinski definition) is 2. The average molecular weight is 335 g/mol. The summed E-state index contributed by atoms with van der Waals surface area (Å²) < 4.78 is 16.0. The van der Waals surface area contributed by atoms with E-state index in [1.54, 1.807) is 6.07 Å². The van der Waals surface area contributed by atoms with E-state index < -0.39 is 0 Å². The van der Waals surface area contributed by atoms with Crippen LogP contribution in [-0.4, -0.2) is 35.1 Å². The molecule has 0 aliphatic heterocycles. The lowest BCUT2D eigenvalue weighted by atomic mass is 10.3. The smallest absolute Gasteiger partial charge is 0.139 e. The normalized spacial score (nSPS) is 11.7. The maximum atomic E-state index is 13.6. The van der Waals surface area contributed by atoms with Gasteiger partial charge >= 0.3 is 0 Å². The number of benzene rings is 1. The maximum Gasteiger partial charge on any atom is 0.139 e. The lowest BCUT2D eigenvalue weighted by Crippen LogP contribution is -2.19. The van der Waals surface area contributed by atoms with E-state index in [4.69, 9.17) is 11.6 Å². The van der Waals surface area contributed by atoms with Crippen molar-refractivity contribution in [2.75, 3.05) is 20.6 Å². The Morgan fingerprint density at radius 1 is 1.44 bits per heavy atom. The van der Waals surface area contributed by atoms with Crippen LogP contribution in [0.25, 0.3) is 11.0 Å². The molecule has 0 atom stereocenters. The van der Waals surface area contributed by atoms with Crippen LogP contribution >= 0.6 is 27.5 Å². The molecule has 1 aromatic carbocycles. The van der Waals surface area contributed by atoms with Gasteiger partial charge in [0.15, 0.2) is 0 Å². The molecule has 0 aliphatic rings. The zero-order chi connectivity index (χ0) is 13.3. The molecule has 0 saturated carbocycles. The second-order valence-corrected chi connectivity index (χ2v) is 5.49. The molecule has 0 amide bonds. The average Bonchev–Trinajstić information content (AvgIpc) is 2.64. The van der Waals surface area contributed by atoms with Crippen molar-refractivity contribution in [2.24, 2.45) is 0 Å². The second-order valence-electron chi connectivity index (χ2n) is 4.37. The molecule has 98 valence electrons. The molecule has 2 aromatic rings. The van der Waals surface area contributed by atoms with Gasteiger partial charge in [-0.3, -0.25) is 0 Å². The van der Waals surface area contributed by atoms with E-state index in [1.807, 2.05) is 18.7 Å². The first-order valence-corrected chi connectivity index (χ1v) is 6.90. The van der Waals surface area contributed by atoms with Gasteiger partial charge in [-0.25, -0.2) is 9.37 Å². The molecule has 6 heteroatoms. The van der Waals surface area contributed by atoms with Crippen molar-refractivity contribution in [3.63, 3.8) is 0 Å². The highest BCUT2D eigenvalue weighted by Crippen LogP contribution is 2.24. The molecule has 0 N–H and O–H groups in total. The summed E-state index contributed by atoms with van der Waals surface area (Å²) in [4.78, 5) is 6.50. The van der Waals surface area contributed by atoms with E-state index in [0.717, 1.165) is 29.9 Å². The summed E-state index contributed by atoms with van der Waals surface area (Å²) in [5, 5.41) is 0. The third kappa shape index (κ3) is 2.68. The van der Waals surface area contributed by atoms with Crippen LogP contribution in [0.4, 0.5) is 4.39 Å². The number of imidazole rings is 1. The monoisotopic (exact) mass is 333 g/mol. The predicted octanol–water partition coefficient (Wildman–Crippen LogP) is 3.24. The number of hydrogen-bond donors (Lipinski definition) is 0. The molecule has 3 nitrogen and oxygen atoms in total. The van der Waals surface area contributed by atoms with Gasteiger partial charge in [-0.05, 0) is 36.1 Å². The van der Waals surface area contributed by atoms with Crippen molar-refractivity contribution in [1.29, 1.82) is 0 Å². The van der Waals surface area contributed by atoms with E-state index >= 15 is 0 Å². The van der Waals surface area contributed by atoms with Crippen LogP contribution in [-0.2, 0) is 12.4 Å². The fraction of sp³-hybridized carbons (Fsp3) is 0.417. The Hall–Kier alpha value is -0.650. The highest BCUT2D eigenvalue weighted by Gasteiger charge is 2.12. The molecule has 1 heterocycles. The lowest BCUT2D eigenvalue weighted by Gasteiger charge is -2.12. The van der Waals surface area contributed by atoms with Crippen molar-refractivity contribution in [2.45, 2.75) is 12.4 Å². The number of fused-ring (bicyclic) bond motifs is 1. The maximum absolute atomic E-state index is 13.6. The van der Waals surface area contributed by atoms with Gasteiger partial charge in [0.1, 0.15) is 11.6 Å². The molecule has 0 unspecified atom stereocenters. The van der Waals surface area contributed by atoms with Crippen LogP contribution in [0.1, 0.15) is 5.82 Å². The fourth-order valence-corrected chi connectivity index (χ4v) is 2.36. The minimum absolute atomic E-state index is 0.283. The first-order valence-electron chi connectivity index (χ1n) is 5.57. The van der Waals surface area contributed by atoms with Crippen LogP contribution in [0, 0.1) is 5.82 Å². The summed E-state index contributed by atoms with van der Waals surface area (Å²) in [6, 6.07) is 3.19. The first-order chi connectivity index (χ1) is 8.52. The minimum Gasteiger partial charge on any atom is -0.326 e. The Kier molecular flexibility index (Phi) is 4.25. The van der Waals surface area contributed by atoms with Crippen LogP contribution in [0.3, 0.4) is 0 Å². The highest BCUT2D eigenvalue weighted by atomic mass is 79.9. The SMILES string of the molecule is CN(C)CCn1c(CCl)nc2cc(Br)c(F)cc21. The third-order valence-corrected chi connectivity index (χ3v) is 3.61. The van der Waals surface area contributed by atoms with Crippen LogP contribution < -0.4 is 0 Å². The summed E-state index contributed by atoms with van der Waals surface area (Å²) in [5.41, 5.74) is 1.55. The highest BCUT2D eigenvalue weighted by molar-refractivity contribution is 9.10. The molecule has 0 aliphatic carbocycles. The summed E-state index contributed by atoms with van der Waals surface area (Å²) in [6.07, 6.45) is 0. The standard InChI is InChI=1S/C12H14BrClFN3/c1-17(2)3-4-18-11-6-9(15)8(13)5-10(11)16-12(18)7-14/h5-6H,3-4,7H2,1-2H3. The Morgan fingerprint density at radius 2 is 2.17 bits per heavy atom. The van der Waals surface area contributed by atoms with E-state index in [-0.39, 0.29) is 5.82 Å². The van der Waals surface area contributed by atoms with E-state index in [9.17, 15) is 4.39 Å². The van der Waals surface area contributed by atoms with Gasteiger partial charge in [0, 0.05) is 19.2 Å². The van der Waals surface area contributed by atoms with Gasteiger partial charge < -0.3 is 9.47 Å². The van der Waals surface area contributed by atoms with Gasteiger partial charge in [0.25, 0.3) is 0 Å².